The minimum Gasteiger partial charge on any atom is -0.382 e. The molecule has 1 aliphatic heterocycles. The Morgan fingerprint density at radius 1 is 1.45 bits per heavy atom. The molecule has 2 aromatic heterocycles. The number of carbonyl (C=O) groups is 1. The summed E-state index contributed by atoms with van der Waals surface area (Å²) in [5.41, 5.74) is 1.75. The Balaban J connectivity index is 1.48. The van der Waals surface area contributed by atoms with Gasteiger partial charge in [-0.3, -0.25) is 4.79 Å². The van der Waals surface area contributed by atoms with E-state index in [2.05, 4.69) is 25.4 Å². The van der Waals surface area contributed by atoms with Crippen LogP contribution in [0.1, 0.15) is 19.0 Å². The molecule has 0 radical (unpaired) electrons. The second-order valence-electron chi connectivity index (χ2n) is 4.88. The maximum absolute atomic E-state index is 11.9. The van der Waals surface area contributed by atoms with Gasteiger partial charge in [0.25, 0.3) is 5.91 Å². The number of hydrogen-bond acceptors (Lipinski definition) is 7. The maximum atomic E-state index is 11.9. The van der Waals surface area contributed by atoms with Gasteiger partial charge in [-0.1, -0.05) is 5.16 Å². The zero-order chi connectivity index (χ0) is 15.4. The number of amides is 1. The molecular formula is C14H15N5O2S. The minimum atomic E-state index is -0.497. The van der Waals surface area contributed by atoms with Gasteiger partial charge >= 0.3 is 0 Å². The van der Waals surface area contributed by atoms with E-state index >= 15 is 0 Å². The fourth-order valence-corrected chi connectivity index (χ4v) is 2.80. The van der Waals surface area contributed by atoms with Crippen LogP contribution in [0.2, 0.25) is 0 Å². The quantitative estimate of drug-likeness (QED) is 0.901. The van der Waals surface area contributed by atoms with Crippen LogP contribution in [-0.4, -0.2) is 39.2 Å². The number of hydrogen-bond donors (Lipinski definition) is 1. The third kappa shape index (κ3) is 3.45. The molecule has 0 saturated heterocycles. The van der Waals surface area contributed by atoms with Gasteiger partial charge in [0.05, 0.1) is 11.4 Å². The summed E-state index contributed by atoms with van der Waals surface area (Å²) in [5, 5.41) is 9.35. The molecule has 0 aliphatic carbocycles. The summed E-state index contributed by atoms with van der Waals surface area (Å²) in [6, 6.07) is 1.77. The zero-order valence-electron chi connectivity index (χ0n) is 12.0. The zero-order valence-corrected chi connectivity index (χ0v) is 12.8. The first-order valence-electron chi connectivity index (χ1n) is 6.91. The maximum Gasteiger partial charge on any atom is 0.264 e. The highest BCUT2D eigenvalue weighted by molar-refractivity contribution is 7.13. The number of aromatic nitrogens is 3. The Labute approximate surface area is 131 Å². The molecule has 7 nitrogen and oxygen atoms in total. The van der Waals surface area contributed by atoms with Crippen molar-refractivity contribution in [3.63, 3.8) is 0 Å². The number of carbonyl (C=O) groups excluding carboxylic acids is 1. The van der Waals surface area contributed by atoms with Crippen LogP contribution < -0.4 is 5.32 Å². The van der Waals surface area contributed by atoms with Crippen molar-refractivity contribution in [2.75, 3.05) is 6.54 Å². The number of oxime groups is 1. The van der Waals surface area contributed by atoms with Crippen LogP contribution in [0.3, 0.4) is 0 Å². The topological polar surface area (TPSA) is 89.4 Å². The van der Waals surface area contributed by atoms with Crippen molar-refractivity contribution in [2.45, 2.75) is 25.9 Å². The van der Waals surface area contributed by atoms with Crippen molar-refractivity contribution >= 4 is 23.0 Å². The first-order chi connectivity index (χ1) is 10.7. The van der Waals surface area contributed by atoms with Gasteiger partial charge in [-0.05, 0) is 13.0 Å². The normalized spacial score (nSPS) is 17.0. The summed E-state index contributed by atoms with van der Waals surface area (Å²) in [4.78, 5) is 29.7. The predicted octanol–water partition coefficient (Wildman–Crippen LogP) is 1.42. The molecule has 1 N–H and O–H groups in total. The molecule has 0 aromatic carbocycles. The highest BCUT2D eigenvalue weighted by Gasteiger charge is 2.25. The lowest BCUT2D eigenvalue weighted by atomic mass is 10.2. The molecule has 2 aromatic rings. The SMILES string of the molecule is CC1=NO[C@@H](C(=O)NCCc2csc(-c3ncccn3)n2)C1. The summed E-state index contributed by atoms with van der Waals surface area (Å²) in [5.74, 6) is 0.484. The van der Waals surface area contributed by atoms with E-state index in [4.69, 9.17) is 4.84 Å². The molecule has 1 aliphatic rings. The molecular weight excluding hydrogens is 302 g/mol. The van der Waals surface area contributed by atoms with E-state index in [1.807, 2.05) is 12.3 Å². The van der Waals surface area contributed by atoms with Crippen LogP contribution in [0.5, 0.6) is 0 Å². The number of thiazole rings is 1. The van der Waals surface area contributed by atoms with Crippen molar-refractivity contribution in [1.82, 2.24) is 20.3 Å². The summed E-state index contributed by atoms with van der Waals surface area (Å²) in [6.07, 6.45) is 4.09. The molecule has 3 rings (SSSR count). The predicted molar refractivity (Wildman–Crippen MR) is 82.5 cm³/mol. The van der Waals surface area contributed by atoms with Crippen molar-refractivity contribution in [3.8, 4) is 10.8 Å². The molecule has 3 heterocycles. The lowest BCUT2D eigenvalue weighted by molar-refractivity contribution is -0.131. The van der Waals surface area contributed by atoms with Gasteiger partial charge in [-0.2, -0.15) is 0 Å². The second-order valence-corrected chi connectivity index (χ2v) is 5.74. The average molecular weight is 317 g/mol. The van der Waals surface area contributed by atoms with E-state index in [0.717, 1.165) is 16.4 Å². The molecule has 0 bridgehead atoms. The minimum absolute atomic E-state index is 0.137. The molecule has 1 atom stereocenters. The third-order valence-corrected chi connectivity index (χ3v) is 3.99. The molecule has 0 saturated carbocycles. The van der Waals surface area contributed by atoms with Gasteiger partial charge in [-0.15, -0.1) is 11.3 Å². The lowest BCUT2D eigenvalue weighted by Crippen LogP contribution is -2.35. The van der Waals surface area contributed by atoms with Crippen LogP contribution in [0, 0.1) is 0 Å². The van der Waals surface area contributed by atoms with Gasteiger partial charge < -0.3 is 10.2 Å². The molecule has 0 fully saturated rings. The van der Waals surface area contributed by atoms with Gasteiger partial charge in [0.2, 0.25) is 6.10 Å². The van der Waals surface area contributed by atoms with Crippen molar-refractivity contribution in [3.05, 3.63) is 29.5 Å². The van der Waals surface area contributed by atoms with Crippen LogP contribution in [-0.2, 0) is 16.1 Å². The summed E-state index contributed by atoms with van der Waals surface area (Å²) in [6.45, 7) is 2.35. The highest BCUT2D eigenvalue weighted by atomic mass is 32.1. The van der Waals surface area contributed by atoms with E-state index < -0.39 is 6.10 Å². The van der Waals surface area contributed by atoms with Gasteiger partial charge in [0.15, 0.2) is 10.8 Å². The summed E-state index contributed by atoms with van der Waals surface area (Å²) in [7, 11) is 0. The number of nitrogens with zero attached hydrogens (tertiary/aromatic N) is 4. The summed E-state index contributed by atoms with van der Waals surface area (Å²) >= 11 is 1.50. The first-order valence-corrected chi connectivity index (χ1v) is 7.79. The Morgan fingerprint density at radius 2 is 2.27 bits per heavy atom. The first kappa shape index (κ1) is 14.6. The van der Waals surface area contributed by atoms with Gasteiger partial charge in [0.1, 0.15) is 0 Å². The fraction of sp³-hybridized carbons (Fsp3) is 0.357. The van der Waals surface area contributed by atoms with Gasteiger partial charge in [-0.25, -0.2) is 15.0 Å². The molecule has 0 spiro atoms. The standard InChI is InChI=1S/C14H15N5O2S/c1-9-7-11(21-19-9)13(20)17-6-3-10-8-22-14(18-10)12-15-4-2-5-16-12/h2,4-5,8,11H,3,6-7H2,1H3,(H,17,20)/t11-/m1/s1. The molecule has 22 heavy (non-hydrogen) atoms. The van der Waals surface area contributed by atoms with E-state index in [1.165, 1.54) is 11.3 Å². The largest absolute Gasteiger partial charge is 0.382 e. The Hall–Kier alpha value is -2.35. The molecule has 8 heteroatoms. The van der Waals surface area contributed by atoms with Crippen molar-refractivity contribution in [2.24, 2.45) is 5.16 Å². The average Bonchev–Trinajstić information content (AvgIpc) is 3.17. The van der Waals surface area contributed by atoms with Crippen molar-refractivity contribution < 1.29 is 9.63 Å². The number of rotatable bonds is 5. The van der Waals surface area contributed by atoms with E-state index in [9.17, 15) is 4.79 Å². The van der Waals surface area contributed by atoms with E-state index in [-0.39, 0.29) is 5.91 Å². The van der Waals surface area contributed by atoms with E-state index in [1.54, 1.807) is 18.5 Å². The molecule has 114 valence electrons. The monoisotopic (exact) mass is 317 g/mol. The van der Waals surface area contributed by atoms with Crippen molar-refractivity contribution in [1.29, 1.82) is 0 Å². The smallest absolute Gasteiger partial charge is 0.264 e. The molecule has 0 unspecified atom stereocenters. The Morgan fingerprint density at radius 3 is 3.00 bits per heavy atom. The third-order valence-electron chi connectivity index (χ3n) is 3.10. The van der Waals surface area contributed by atoms with Crippen LogP contribution in [0.15, 0.2) is 29.0 Å². The second kappa shape index (κ2) is 6.61. The van der Waals surface area contributed by atoms with Gasteiger partial charge in [0, 0.05) is 37.2 Å². The molecule has 1 amide bonds. The lowest BCUT2D eigenvalue weighted by Gasteiger charge is -2.08. The van der Waals surface area contributed by atoms with E-state index in [0.29, 0.717) is 25.2 Å². The van der Waals surface area contributed by atoms with Crippen LogP contribution in [0.25, 0.3) is 10.8 Å². The Bertz CT molecular complexity index is 686. The highest BCUT2D eigenvalue weighted by Crippen LogP contribution is 2.19. The summed E-state index contributed by atoms with van der Waals surface area (Å²) < 4.78 is 0. The Kier molecular flexibility index (Phi) is 4.38. The van der Waals surface area contributed by atoms with Crippen LogP contribution >= 0.6 is 11.3 Å². The number of nitrogens with one attached hydrogen (secondary N) is 1. The fourth-order valence-electron chi connectivity index (χ4n) is 2.00. The van der Waals surface area contributed by atoms with Crippen LogP contribution in [0.4, 0.5) is 0 Å².